The van der Waals surface area contributed by atoms with Gasteiger partial charge in [0.1, 0.15) is 5.54 Å². The molecule has 0 spiro atoms. The molecule has 5 rings (SSSR count). The van der Waals surface area contributed by atoms with Gasteiger partial charge < -0.3 is 14.5 Å². The summed E-state index contributed by atoms with van der Waals surface area (Å²) in [6.07, 6.45) is 4.28. The number of amides is 2. The lowest BCUT2D eigenvalue weighted by atomic mass is 9.77. The number of halogens is 1. The molecule has 2 fully saturated rings. The molecule has 2 aliphatic heterocycles. The summed E-state index contributed by atoms with van der Waals surface area (Å²) in [6, 6.07) is 9.65. The number of nitrogens with zero attached hydrogens (tertiary/aromatic N) is 2. The van der Waals surface area contributed by atoms with Gasteiger partial charge in [0.05, 0.1) is 24.4 Å². The van der Waals surface area contributed by atoms with Gasteiger partial charge in [0.15, 0.2) is 0 Å². The lowest BCUT2D eigenvalue weighted by Crippen LogP contribution is -2.57. The number of carboxylic acid groups (broad SMARTS) is 1. The van der Waals surface area contributed by atoms with Crippen molar-refractivity contribution < 1.29 is 23.9 Å². The fraction of sp³-hybridized carbons (Fsp3) is 0.238. The Labute approximate surface area is 184 Å². The van der Waals surface area contributed by atoms with Gasteiger partial charge in [-0.3, -0.25) is 19.7 Å². The standard InChI is InChI=1S/C21H17BrN4O5/c22-12-5-3-11(4-6-12)17-15-16(19(28)26(18(15)27)14-2-1-7-31-14)21(25-17,20(29)30)8-13-9-23-10-24-13/h1-7,9-10,15-17,25H,8H2,(H,23,24)(H,29,30)/t15-,16-,17?,21?/m1/s1. The average molecular weight is 485 g/mol. The molecule has 1 aromatic carbocycles. The van der Waals surface area contributed by atoms with Crippen molar-refractivity contribution in [1.29, 1.82) is 0 Å². The zero-order chi connectivity index (χ0) is 21.8. The van der Waals surface area contributed by atoms with Gasteiger partial charge in [0.2, 0.25) is 17.7 Å². The molecule has 0 bridgehead atoms. The highest BCUT2D eigenvalue weighted by Gasteiger charge is 2.69. The number of aromatic amines is 1. The second kappa shape index (κ2) is 7.17. The summed E-state index contributed by atoms with van der Waals surface area (Å²) in [5.74, 6) is -4.24. The van der Waals surface area contributed by atoms with Gasteiger partial charge in [-0.2, -0.15) is 0 Å². The number of imide groups is 1. The molecule has 31 heavy (non-hydrogen) atoms. The quantitative estimate of drug-likeness (QED) is 0.473. The molecule has 0 aliphatic carbocycles. The van der Waals surface area contributed by atoms with Crippen LogP contribution in [0.1, 0.15) is 17.3 Å². The monoisotopic (exact) mass is 484 g/mol. The molecule has 4 heterocycles. The number of carbonyl (C=O) groups is 3. The van der Waals surface area contributed by atoms with E-state index in [9.17, 15) is 19.5 Å². The maximum Gasteiger partial charge on any atom is 0.325 e. The van der Waals surface area contributed by atoms with Gasteiger partial charge in [-0.1, -0.05) is 28.1 Å². The second-order valence-electron chi connectivity index (χ2n) is 7.67. The summed E-state index contributed by atoms with van der Waals surface area (Å²) in [7, 11) is 0. The minimum atomic E-state index is -1.71. The molecule has 2 saturated heterocycles. The predicted molar refractivity (Wildman–Crippen MR) is 111 cm³/mol. The van der Waals surface area contributed by atoms with E-state index in [-0.39, 0.29) is 12.3 Å². The van der Waals surface area contributed by atoms with Crippen molar-refractivity contribution in [2.24, 2.45) is 11.8 Å². The first-order valence-corrected chi connectivity index (χ1v) is 10.4. The predicted octanol–water partition coefficient (Wildman–Crippen LogP) is 2.28. The van der Waals surface area contributed by atoms with E-state index < -0.39 is 41.2 Å². The topological polar surface area (TPSA) is 129 Å². The molecule has 9 nitrogen and oxygen atoms in total. The number of carbonyl (C=O) groups excluding carboxylic acids is 2. The largest absolute Gasteiger partial charge is 0.480 e. The number of carboxylic acids is 1. The molecule has 10 heteroatoms. The fourth-order valence-electron chi connectivity index (χ4n) is 4.69. The summed E-state index contributed by atoms with van der Waals surface area (Å²) < 4.78 is 6.15. The van der Waals surface area contributed by atoms with Crippen molar-refractivity contribution in [2.75, 3.05) is 4.90 Å². The molecule has 0 saturated carbocycles. The van der Waals surface area contributed by atoms with Crippen LogP contribution >= 0.6 is 15.9 Å². The van der Waals surface area contributed by atoms with Crippen LogP contribution in [0.15, 0.2) is 64.1 Å². The highest BCUT2D eigenvalue weighted by atomic mass is 79.9. The first kappa shape index (κ1) is 19.7. The number of hydrogen-bond acceptors (Lipinski definition) is 6. The van der Waals surface area contributed by atoms with E-state index in [1.165, 1.54) is 24.9 Å². The fourth-order valence-corrected chi connectivity index (χ4v) is 4.95. The first-order valence-electron chi connectivity index (χ1n) is 9.57. The summed E-state index contributed by atoms with van der Waals surface area (Å²) in [4.78, 5) is 47.4. The molecule has 2 aliphatic rings. The Morgan fingerprint density at radius 1 is 1.23 bits per heavy atom. The lowest BCUT2D eigenvalue weighted by molar-refractivity contribution is -0.148. The van der Waals surface area contributed by atoms with Crippen molar-refractivity contribution in [2.45, 2.75) is 18.0 Å². The number of hydrogen-bond donors (Lipinski definition) is 3. The number of fused-ring (bicyclic) bond motifs is 1. The Morgan fingerprint density at radius 2 is 2.00 bits per heavy atom. The van der Waals surface area contributed by atoms with Crippen LogP contribution in [0.2, 0.25) is 0 Å². The molecular formula is C21H17BrN4O5. The van der Waals surface area contributed by atoms with Gasteiger partial charge in [0.25, 0.3) is 0 Å². The number of furan rings is 1. The minimum Gasteiger partial charge on any atom is -0.480 e. The van der Waals surface area contributed by atoms with Gasteiger partial charge in [-0.15, -0.1) is 0 Å². The molecule has 0 radical (unpaired) electrons. The van der Waals surface area contributed by atoms with Crippen LogP contribution in [0.3, 0.4) is 0 Å². The van der Waals surface area contributed by atoms with Crippen molar-refractivity contribution in [1.82, 2.24) is 15.3 Å². The number of nitrogens with one attached hydrogen (secondary N) is 2. The van der Waals surface area contributed by atoms with Crippen molar-refractivity contribution in [3.05, 3.63) is 70.9 Å². The van der Waals surface area contributed by atoms with Crippen LogP contribution in [0.5, 0.6) is 0 Å². The summed E-state index contributed by atoms with van der Waals surface area (Å²) in [5.41, 5.74) is -0.446. The Hall–Kier alpha value is -3.24. The van der Waals surface area contributed by atoms with E-state index in [4.69, 9.17) is 4.42 Å². The molecule has 2 unspecified atom stereocenters. The molecule has 2 aromatic heterocycles. The highest BCUT2D eigenvalue weighted by molar-refractivity contribution is 9.10. The number of aliphatic carboxylic acids is 1. The SMILES string of the molecule is O=C1[C@H]2C(c3ccc(Br)cc3)NC(Cc3cnc[nH]3)(C(=O)O)[C@H]2C(=O)N1c1ccco1. The van der Waals surface area contributed by atoms with Crippen LogP contribution in [-0.2, 0) is 20.8 Å². The number of H-pyrrole nitrogens is 1. The Kier molecular flexibility index (Phi) is 4.56. The molecule has 2 amide bonds. The Bertz CT molecular complexity index is 1150. The van der Waals surface area contributed by atoms with Gasteiger partial charge in [-0.05, 0) is 23.8 Å². The van der Waals surface area contributed by atoms with Crippen LogP contribution in [0.25, 0.3) is 0 Å². The molecular weight excluding hydrogens is 468 g/mol. The number of aromatic nitrogens is 2. The van der Waals surface area contributed by atoms with Gasteiger partial charge >= 0.3 is 5.97 Å². The summed E-state index contributed by atoms with van der Waals surface area (Å²) >= 11 is 3.39. The molecule has 3 aromatic rings. The van der Waals surface area contributed by atoms with E-state index in [1.54, 1.807) is 18.2 Å². The van der Waals surface area contributed by atoms with E-state index in [2.05, 4.69) is 31.2 Å². The average Bonchev–Trinajstić information content (AvgIpc) is 3.51. The third-order valence-electron chi connectivity index (χ3n) is 6.02. The maximum absolute atomic E-state index is 13.5. The third-order valence-corrected chi connectivity index (χ3v) is 6.54. The number of benzene rings is 1. The highest BCUT2D eigenvalue weighted by Crippen LogP contribution is 2.50. The zero-order valence-electron chi connectivity index (χ0n) is 16.0. The van der Waals surface area contributed by atoms with Crippen LogP contribution in [-0.4, -0.2) is 38.4 Å². The van der Waals surface area contributed by atoms with Crippen LogP contribution in [0.4, 0.5) is 5.88 Å². The van der Waals surface area contributed by atoms with Crippen molar-refractivity contribution in [3.8, 4) is 0 Å². The first-order chi connectivity index (χ1) is 14.9. The summed E-state index contributed by atoms with van der Waals surface area (Å²) in [6.45, 7) is 0. The van der Waals surface area contributed by atoms with Crippen LogP contribution in [0, 0.1) is 11.8 Å². The van der Waals surface area contributed by atoms with Gasteiger partial charge in [-0.25, -0.2) is 9.88 Å². The zero-order valence-corrected chi connectivity index (χ0v) is 17.6. The van der Waals surface area contributed by atoms with Gasteiger partial charge in [0, 0.05) is 34.9 Å². The number of imidazole rings is 1. The molecule has 158 valence electrons. The number of anilines is 1. The number of rotatable bonds is 5. The Balaban J connectivity index is 1.66. The van der Waals surface area contributed by atoms with E-state index in [0.717, 1.165) is 9.37 Å². The second-order valence-corrected chi connectivity index (χ2v) is 8.59. The smallest absolute Gasteiger partial charge is 0.325 e. The molecule has 3 N–H and O–H groups in total. The maximum atomic E-state index is 13.5. The van der Waals surface area contributed by atoms with E-state index >= 15 is 0 Å². The third kappa shape index (κ3) is 2.94. The van der Waals surface area contributed by atoms with E-state index in [0.29, 0.717) is 11.3 Å². The lowest BCUT2D eigenvalue weighted by Gasteiger charge is -2.30. The minimum absolute atomic E-state index is 0.0401. The summed E-state index contributed by atoms with van der Waals surface area (Å²) in [5, 5.41) is 13.5. The van der Waals surface area contributed by atoms with E-state index in [1.807, 2.05) is 12.1 Å². The van der Waals surface area contributed by atoms with Crippen molar-refractivity contribution in [3.63, 3.8) is 0 Å². The normalized spacial score (nSPS) is 27.6. The molecule has 4 atom stereocenters. The van der Waals surface area contributed by atoms with Crippen LogP contribution < -0.4 is 10.2 Å². The Morgan fingerprint density at radius 3 is 2.61 bits per heavy atom. The van der Waals surface area contributed by atoms with Crippen molar-refractivity contribution >= 4 is 39.6 Å².